The first-order chi connectivity index (χ1) is 13.9. The molecule has 10 heteroatoms. The Bertz CT molecular complexity index is 1110. The summed E-state index contributed by atoms with van der Waals surface area (Å²) in [4.78, 5) is 37.2. The standard InChI is InChI=1S/C19H19F2N5O2S/c1-12-23-16(10-29-12)19(28)25-6-4-24(5-7-25)13-2-3-14-15(8-13)22-11-26(18(14)27)9-17(20)21/h2-3,8,10-11,17H,4-7,9H2,1H3. The third kappa shape index (κ3) is 3.98. The molecule has 2 aromatic heterocycles. The fourth-order valence-corrected chi connectivity index (χ4v) is 4.00. The minimum Gasteiger partial charge on any atom is -0.368 e. The number of rotatable bonds is 4. The number of carbonyl (C=O) groups is 1. The molecule has 0 aliphatic carbocycles. The van der Waals surface area contributed by atoms with Crippen molar-refractivity contribution in [3.63, 3.8) is 0 Å². The summed E-state index contributed by atoms with van der Waals surface area (Å²) in [5.74, 6) is -0.0613. The van der Waals surface area contributed by atoms with Crippen LogP contribution in [0.15, 0.2) is 34.7 Å². The van der Waals surface area contributed by atoms with Gasteiger partial charge >= 0.3 is 0 Å². The van der Waals surface area contributed by atoms with E-state index in [1.54, 1.807) is 28.5 Å². The maximum atomic E-state index is 12.6. The average molecular weight is 419 g/mol. The molecule has 29 heavy (non-hydrogen) atoms. The van der Waals surface area contributed by atoms with Crippen LogP contribution in [0.5, 0.6) is 0 Å². The second-order valence-corrected chi connectivity index (χ2v) is 7.89. The highest BCUT2D eigenvalue weighted by molar-refractivity contribution is 7.09. The second kappa shape index (κ2) is 7.86. The summed E-state index contributed by atoms with van der Waals surface area (Å²) in [5.41, 5.74) is 1.36. The van der Waals surface area contributed by atoms with Gasteiger partial charge in [-0.15, -0.1) is 11.3 Å². The molecule has 3 heterocycles. The molecule has 1 aromatic carbocycles. The molecular formula is C19H19F2N5O2S. The van der Waals surface area contributed by atoms with E-state index in [4.69, 9.17) is 0 Å². The summed E-state index contributed by atoms with van der Waals surface area (Å²) in [7, 11) is 0. The Balaban J connectivity index is 1.48. The number of hydrogen-bond acceptors (Lipinski definition) is 6. The summed E-state index contributed by atoms with van der Waals surface area (Å²) in [6, 6.07) is 5.20. The highest BCUT2D eigenvalue weighted by atomic mass is 32.1. The number of thiazole rings is 1. The van der Waals surface area contributed by atoms with Crippen LogP contribution in [0.3, 0.4) is 0 Å². The van der Waals surface area contributed by atoms with Crippen LogP contribution in [-0.2, 0) is 6.54 Å². The van der Waals surface area contributed by atoms with Gasteiger partial charge in [0.2, 0.25) is 0 Å². The Morgan fingerprint density at radius 2 is 2.00 bits per heavy atom. The third-order valence-corrected chi connectivity index (χ3v) is 5.69. The number of piperazine rings is 1. The third-order valence-electron chi connectivity index (χ3n) is 4.91. The molecule has 1 aliphatic rings. The molecule has 1 saturated heterocycles. The van der Waals surface area contributed by atoms with E-state index in [1.165, 1.54) is 11.3 Å². The molecule has 152 valence electrons. The quantitative estimate of drug-likeness (QED) is 0.650. The molecule has 1 amide bonds. The fraction of sp³-hybridized carbons (Fsp3) is 0.368. The Labute approximate surface area is 169 Å². The van der Waals surface area contributed by atoms with E-state index >= 15 is 0 Å². The largest absolute Gasteiger partial charge is 0.368 e. The molecule has 0 radical (unpaired) electrons. The van der Waals surface area contributed by atoms with Crippen molar-refractivity contribution in [2.75, 3.05) is 31.1 Å². The van der Waals surface area contributed by atoms with Crippen LogP contribution in [0.2, 0.25) is 0 Å². The number of nitrogens with zero attached hydrogens (tertiary/aromatic N) is 5. The number of anilines is 1. The highest BCUT2D eigenvalue weighted by Crippen LogP contribution is 2.21. The van der Waals surface area contributed by atoms with E-state index in [0.29, 0.717) is 42.8 Å². The van der Waals surface area contributed by atoms with Crippen LogP contribution in [-0.4, -0.2) is 57.9 Å². The second-order valence-electron chi connectivity index (χ2n) is 6.83. The van der Waals surface area contributed by atoms with Crippen molar-refractivity contribution in [1.29, 1.82) is 0 Å². The zero-order valence-electron chi connectivity index (χ0n) is 15.7. The number of aromatic nitrogens is 3. The summed E-state index contributed by atoms with van der Waals surface area (Å²) in [6.07, 6.45) is -1.45. The minimum absolute atomic E-state index is 0.0613. The van der Waals surface area contributed by atoms with Gasteiger partial charge in [-0.2, -0.15) is 0 Å². The van der Waals surface area contributed by atoms with Crippen molar-refractivity contribution in [3.05, 3.63) is 51.0 Å². The molecule has 0 bridgehead atoms. The topological polar surface area (TPSA) is 71.3 Å². The Kier molecular flexibility index (Phi) is 5.27. The molecule has 4 rings (SSSR count). The van der Waals surface area contributed by atoms with Crippen LogP contribution in [0.4, 0.5) is 14.5 Å². The van der Waals surface area contributed by atoms with E-state index < -0.39 is 18.5 Å². The SMILES string of the molecule is Cc1nc(C(=O)N2CCN(c3ccc4c(=O)n(CC(F)F)cnc4c3)CC2)cs1. The Morgan fingerprint density at radius 3 is 2.66 bits per heavy atom. The number of amides is 1. The monoisotopic (exact) mass is 419 g/mol. The van der Waals surface area contributed by atoms with E-state index in [2.05, 4.69) is 14.9 Å². The molecule has 0 unspecified atom stereocenters. The zero-order valence-corrected chi connectivity index (χ0v) is 16.5. The number of aryl methyl sites for hydroxylation is 1. The van der Waals surface area contributed by atoms with Crippen molar-refractivity contribution >= 4 is 33.8 Å². The summed E-state index contributed by atoms with van der Waals surface area (Å²) >= 11 is 1.46. The van der Waals surface area contributed by atoms with Crippen LogP contribution in [0.1, 0.15) is 15.5 Å². The van der Waals surface area contributed by atoms with Crippen molar-refractivity contribution < 1.29 is 13.6 Å². The van der Waals surface area contributed by atoms with Crippen molar-refractivity contribution in [1.82, 2.24) is 19.4 Å². The smallest absolute Gasteiger partial charge is 0.273 e. The van der Waals surface area contributed by atoms with Gasteiger partial charge < -0.3 is 9.80 Å². The van der Waals surface area contributed by atoms with E-state index in [0.717, 1.165) is 21.6 Å². The first kappa shape index (κ1) is 19.4. The maximum Gasteiger partial charge on any atom is 0.273 e. The Hall–Kier alpha value is -2.88. The summed E-state index contributed by atoms with van der Waals surface area (Å²) < 4.78 is 26.1. The highest BCUT2D eigenvalue weighted by Gasteiger charge is 2.24. The number of hydrogen-bond donors (Lipinski definition) is 0. The lowest BCUT2D eigenvalue weighted by Crippen LogP contribution is -2.48. The van der Waals surface area contributed by atoms with Crippen LogP contribution >= 0.6 is 11.3 Å². The van der Waals surface area contributed by atoms with E-state index in [1.807, 2.05) is 6.92 Å². The Morgan fingerprint density at radius 1 is 1.24 bits per heavy atom. The lowest BCUT2D eigenvalue weighted by molar-refractivity contribution is 0.0741. The average Bonchev–Trinajstić information content (AvgIpc) is 3.15. The molecule has 0 spiro atoms. The predicted molar refractivity (Wildman–Crippen MR) is 107 cm³/mol. The first-order valence-corrected chi connectivity index (χ1v) is 10.0. The number of benzene rings is 1. The molecule has 1 aliphatic heterocycles. The molecule has 0 saturated carbocycles. The van der Waals surface area contributed by atoms with Gasteiger partial charge in [-0.3, -0.25) is 14.2 Å². The number of carbonyl (C=O) groups excluding carboxylic acids is 1. The molecule has 0 N–H and O–H groups in total. The fourth-order valence-electron chi connectivity index (χ4n) is 3.41. The van der Waals surface area contributed by atoms with Gasteiger partial charge in [0.25, 0.3) is 17.9 Å². The minimum atomic E-state index is -2.61. The van der Waals surface area contributed by atoms with Gasteiger partial charge in [0, 0.05) is 37.2 Å². The van der Waals surface area contributed by atoms with Gasteiger partial charge in [-0.25, -0.2) is 18.7 Å². The van der Waals surface area contributed by atoms with Gasteiger partial charge in [-0.05, 0) is 25.1 Å². The lowest BCUT2D eigenvalue weighted by atomic mass is 10.2. The lowest BCUT2D eigenvalue weighted by Gasteiger charge is -2.35. The molecule has 1 fully saturated rings. The van der Waals surface area contributed by atoms with Crippen molar-refractivity contribution in [2.45, 2.75) is 19.9 Å². The van der Waals surface area contributed by atoms with Crippen molar-refractivity contribution in [2.24, 2.45) is 0 Å². The normalized spacial score (nSPS) is 14.8. The van der Waals surface area contributed by atoms with Gasteiger partial charge in [0.05, 0.1) is 28.8 Å². The van der Waals surface area contributed by atoms with Crippen molar-refractivity contribution in [3.8, 4) is 0 Å². The van der Waals surface area contributed by atoms with Crippen LogP contribution < -0.4 is 10.5 Å². The first-order valence-electron chi connectivity index (χ1n) is 9.16. The molecular weight excluding hydrogens is 400 g/mol. The molecule has 7 nitrogen and oxygen atoms in total. The summed E-state index contributed by atoms with van der Waals surface area (Å²) in [6.45, 7) is 3.62. The molecule has 0 atom stereocenters. The number of halogens is 2. The molecule has 3 aromatic rings. The number of alkyl halides is 2. The predicted octanol–water partition coefficient (Wildman–Crippen LogP) is 2.39. The van der Waals surface area contributed by atoms with Gasteiger partial charge in [0.15, 0.2) is 0 Å². The zero-order chi connectivity index (χ0) is 20.5. The maximum absolute atomic E-state index is 12.6. The van der Waals surface area contributed by atoms with Crippen LogP contribution in [0.25, 0.3) is 10.9 Å². The van der Waals surface area contributed by atoms with Gasteiger partial charge in [-0.1, -0.05) is 0 Å². The van der Waals surface area contributed by atoms with E-state index in [-0.39, 0.29) is 5.91 Å². The van der Waals surface area contributed by atoms with Gasteiger partial charge in [0.1, 0.15) is 5.69 Å². The van der Waals surface area contributed by atoms with E-state index in [9.17, 15) is 18.4 Å². The summed E-state index contributed by atoms with van der Waals surface area (Å²) in [5, 5.41) is 2.95. The number of fused-ring (bicyclic) bond motifs is 1. The van der Waals surface area contributed by atoms with Crippen LogP contribution in [0, 0.1) is 6.92 Å².